The van der Waals surface area contributed by atoms with Crippen molar-refractivity contribution in [3.05, 3.63) is 24.0 Å². The summed E-state index contributed by atoms with van der Waals surface area (Å²) in [6, 6.07) is 2.67. The fraction of sp³-hybridized carbons (Fsp3) is 0.300. The van der Waals surface area contributed by atoms with Crippen molar-refractivity contribution in [2.45, 2.75) is 23.1 Å². The molecule has 1 aliphatic rings. The van der Waals surface area contributed by atoms with E-state index in [1.54, 1.807) is 0 Å². The quantitative estimate of drug-likeness (QED) is 0.781. The third kappa shape index (κ3) is 1.66. The molecule has 0 aromatic heterocycles. The first kappa shape index (κ1) is 11.8. The number of carboxylic acid groups (broad SMARTS) is 1. The summed E-state index contributed by atoms with van der Waals surface area (Å²) < 4.78 is 37.5. The van der Waals surface area contributed by atoms with Gasteiger partial charge in [0.2, 0.25) is 0 Å². The molecule has 92 valence electrons. The number of sulfone groups is 1. The van der Waals surface area contributed by atoms with E-state index in [2.05, 4.69) is 5.32 Å². The molecule has 1 heterocycles. The SMILES string of the molecule is CC1Nc2c(F)cccc2S(=O)(=O)C1C(=O)O. The van der Waals surface area contributed by atoms with Crippen LogP contribution in [0.5, 0.6) is 0 Å². The highest BCUT2D eigenvalue weighted by atomic mass is 32.2. The first-order valence-electron chi connectivity index (χ1n) is 4.87. The minimum absolute atomic E-state index is 0.155. The van der Waals surface area contributed by atoms with Gasteiger partial charge < -0.3 is 10.4 Å². The van der Waals surface area contributed by atoms with Crippen molar-refractivity contribution in [2.75, 3.05) is 5.32 Å². The number of hydrogen-bond donors (Lipinski definition) is 2. The number of carbonyl (C=O) groups is 1. The second-order valence-corrected chi connectivity index (χ2v) is 5.89. The molecule has 0 bridgehead atoms. The molecular formula is C10H10FNO4S. The Morgan fingerprint density at radius 2 is 2.12 bits per heavy atom. The van der Waals surface area contributed by atoms with Crippen molar-refractivity contribution < 1.29 is 22.7 Å². The number of nitrogens with one attached hydrogen (secondary N) is 1. The molecule has 2 atom stereocenters. The maximum absolute atomic E-state index is 13.4. The lowest BCUT2D eigenvalue weighted by Crippen LogP contribution is -2.47. The smallest absolute Gasteiger partial charge is 0.324 e. The minimum Gasteiger partial charge on any atom is -0.480 e. The van der Waals surface area contributed by atoms with Gasteiger partial charge in [0.05, 0.1) is 16.6 Å². The predicted octanol–water partition coefficient (Wildman–Crippen LogP) is 0.867. The summed E-state index contributed by atoms with van der Waals surface area (Å²) in [5, 5.41) is 9.91. The molecule has 7 heteroatoms. The van der Waals surface area contributed by atoms with Crippen molar-refractivity contribution in [2.24, 2.45) is 0 Å². The molecule has 0 spiro atoms. The van der Waals surface area contributed by atoms with Gasteiger partial charge in [0.25, 0.3) is 0 Å². The third-order valence-electron chi connectivity index (χ3n) is 2.69. The number of carboxylic acids is 1. The molecule has 1 aliphatic heterocycles. The zero-order valence-electron chi connectivity index (χ0n) is 8.84. The molecule has 1 aromatic carbocycles. The van der Waals surface area contributed by atoms with Crippen molar-refractivity contribution in [3.8, 4) is 0 Å². The van der Waals surface area contributed by atoms with Gasteiger partial charge in [0, 0.05) is 0 Å². The Morgan fingerprint density at radius 3 is 2.71 bits per heavy atom. The standard InChI is InChI=1S/C10H10FNO4S/c1-5-9(10(13)14)17(15,16)7-4-2-3-6(11)8(7)12-5/h2-5,9,12H,1H3,(H,13,14). The summed E-state index contributed by atoms with van der Waals surface area (Å²) in [5.41, 5.74) is -0.155. The Labute approximate surface area is 97.2 Å². The van der Waals surface area contributed by atoms with Crippen LogP contribution in [-0.2, 0) is 14.6 Å². The minimum atomic E-state index is -4.06. The van der Waals surface area contributed by atoms with Crippen molar-refractivity contribution in [1.82, 2.24) is 0 Å². The van der Waals surface area contributed by atoms with Crippen LogP contribution in [0.1, 0.15) is 6.92 Å². The Hall–Kier alpha value is -1.63. The zero-order valence-corrected chi connectivity index (χ0v) is 9.66. The first-order chi connectivity index (χ1) is 7.85. The van der Waals surface area contributed by atoms with Gasteiger partial charge in [-0.25, -0.2) is 12.8 Å². The largest absolute Gasteiger partial charge is 0.480 e. The Kier molecular flexibility index (Phi) is 2.57. The monoisotopic (exact) mass is 259 g/mol. The molecule has 17 heavy (non-hydrogen) atoms. The van der Waals surface area contributed by atoms with Crippen LogP contribution >= 0.6 is 0 Å². The fourth-order valence-corrected chi connectivity index (χ4v) is 3.79. The van der Waals surface area contributed by atoms with E-state index in [1.807, 2.05) is 0 Å². The number of rotatable bonds is 1. The molecule has 2 N–H and O–H groups in total. The van der Waals surface area contributed by atoms with E-state index in [-0.39, 0.29) is 10.6 Å². The summed E-state index contributed by atoms with van der Waals surface area (Å²) in [6.07, 6.45) is 0. The van der Waals surface area contributed by atoms with E-state index >= 15 is 0 Å². The molecule has 0 fully saturated rings. The highest BCUT2D eigenvalue weighted by molar-refractivity contribution is 7.93. The number of benzene rings is 1. The van der Waals surface area contributed by atoms with Crippen molar-refractivity contribution in [3.63, 3.8) is 0 Å². The maximum atomic E-state index is 13.4. The number of fused-ring (bicyclic) bond motifs is 1. The lowest BCUT2D eigenvalue weighted by atomic mass is 10.2. The summed E-state index contributed by atoms with van der Waals surface area (Å²) in [5.74, 6) is -2.15. The number of hydrogen-bond acceptors (Lipinski definition) is 4. The van der Waals surface area contributed by atoms with Gasteiger partial charge in [-0.2, -0.15) is 0 Å². The fourth-order valence-electron chi connectivity index (χ4n) is 1.94. The van der Waals surface area contributed by atoms with Crippen LogP contribution in [0.3, 0.4) is 0 Å². The molecular weight excluding hydrogens is 249 g/mol. The van der Waals surface area contributed by atoms with Crippen LogP contribution in [0.25, 0.3) is 0 Å². The van der Waals surface area contributed by atoms with E-state index in [0.29, 0.717) is 0 Å². The topological polar surface area (TPSA) is 83.5 Å². The van der Waals surface area contributed by atoms with Gasteiger partial charge in [0.15, 0.2) is 15.1 Å². The van der Waals surface area contributed by atoms with Gasteiger partial charge in [-0.1, -0.05) is 6.07 Å². The van der Waals surface area contributed by atoms with Gasteiger partial charge in [-0.3, -0.25) is 4.79 Å². The maximum Gasteiger partial charge on any atom is 0.324 e. The Bertz CT molecular complexity index is 584. The van der Waals surface area contributed by atoms with Crippen LogP contribution in [0, 0.1) is 5.82 Å². The first-order valence-corrected chi connectivity index (χ1v) is 6.42. The average Bonchev–Trinajstić information content (AvgIpc) is 2.18. The Morgan fingerprint density at radius 1 is 1.47 bits per heavy atom. The lowest BCUT2D eigenvalue weighted by molar-refractivity contribution is -0.136. The Balaban J connectivity index is 2.70. The highest BCUT2D eigenvalue weighted by Crippen LogP contribution is 2.34. The zero-order chi connectivity index (χ0) is 12.8. The van der Waals surface area contributed by atoms with Crippen LogP contribution in [0.15, 0.2) is 23.1 Å². The van der Waals surface area contributed by atoms with E-state index in [0.717, 1.165) is 6.07 Å². The number of halogens is 1. The van der Waals surface area contributed by atoms with E-state index in [1.165, 1.54) is 19.1 Å². The van der Waals surface area contributed by atoms with E-state index < -0.39 is 32.9 Å². The van der Waals surface area contributed by atoms with Crippen molar-refractivity contribution >= 4 is 21.5 Å². The molecule has 0 saturated carbocycles. The summed E-state index contributed by atoms with van der Waals surface area (Å²) in [7, 11) is -4.06. The average molecular weight is 259 g/mol. The van der Waals surface area contributed by atoms with Gasteiger partial charge in [-0.05, 0) is 19.1 Å². The predicted molar refractivity (Wildman–Crippen MR) is 58.1 cm³/mol. The molecule has 2 unspecified atom stereocenters. The normalized spacial score (nSPS) is 25.8. The molecule has 5 nitrogen and oxygen atoms in total. The third-order valence-corrected chi connectivity index (χ3v) is 4.92. The molecule has 2 rings (SSSR count). The summed E-state index contributed by atoms with van der Waals surface area (Å²) >= 11 is 0. The van der Waals surface area contributed by atoms with Crippen molar-refractivity contribution in [1.29, 1.82) is 0 Å². The number of para-hydroxylation sites is 1. The second-order valence-electron chi connectivity index (χ2n) is 3.85. The van der Waals surface area contributed by atoms with Crippen LogP contribution < -0.4 is 5.32 Å². The lowest BCUT2D eigenvalue weighted by Gasteiger charge is -2.29. The van der Waals surface area contributed by atoms with Gasteiger partial charge in [0.1, 0.15) is 5.82 Å². The van der Waals surface area contributed by atoms with Crippen LogP contribution in [0.4, 0.5) is 10.1 Å². The molecule has 0 amide bonds. The van der Waals surface area contributed by atoms with Gasteiger partial charge >= 0.3 is 5.97 Å². The molecule has 0 saturated heterocycles. The highest BCUT2D eigenvalue weighted by Gasteiger charge is 2.44. The van der Waals surface area contributed by atoms with E-state index in [9.17, 15) is 17.6 Å². The van der Waals surface area contributed by atoms with Crippen LogP contribution in [-0.4, -0.2) is 30.8 Å². The number of aliphatic carboxylic acids is 1. The number of anilines is 1. The van der Waals surface area contributed by atoms with E-state index in [4.69, 9.17) is 5.11 Å². The summed E-state index contributed by atoms with van der Waals surface area (Å²) in [6.45, 7) is 1.39. The molecule has 1 aromatic rings. The second kappa shape index (κ2) is 3.69. The molecule has 0 radical (unpaired) electrons. The molecule has 0 aliphatic carbocycles. The van der Waals surface area contributed by atoms with Gasteiger partial charge in [-0.15, -0.1) is 0 Å². The summed E-state index contributed by atoms with van der Waals surface area (Å²) in [4.78, 5) is 10.7. The van der Waals surface area contributed by atoms with Crippen LogP contribution in [0.2, 0.25) is 0 Å².